The molecule has 0 aliphatic rings. The van der Waals surface area contributed by atoms with Gasteiger partial charge in [0, 0.05) is 24.4 Å². The molecule has 0 aliphatic carbocycles. The van der Waals surface area contributed by atoms with Gasteiger partial charge in [-0.1, -0.05) is 6.92 Å². The van der Waals surface area contributed by atoms with E-state index in [1.807, 2.05) is 30.0 Å². The van der Waals surface area contributed by atoms with Crippen molar-refractivity contribution < 1.29 is 0 Å². The Bertz CT molecular complexity index is 584. The molecule has 0 saturated heterocycles. The first kappa shape index (κ1) is 16.2. The number of nitrogens with one attached hydrogen (secondary N) is 1. The standard InChI is InChI=1S/C14H19Br2N3S/c1-5-17-10(12-6-8(2)14(16)20-12)7-11-13(15)9(3)18-19(11)4/h6,10,17H,5,7H2,1-4H3. The molecule has 1 N–H and O–H groups in total. The molecule has 2 aromatic rings. The zero-order valence-corrected chi connectivity index (χ0v) is 16.1. The Morgan fingerprint density at radius 2 is 2.10 bits per heavy atom. The van der Waals surface area contributed by atoms with Gasteiger partial charge in [0.2, 0.25) is 0 Å². The van der Waals surface area contributed by atoms with Crippen LogP contribution in [0, 0.1) is 13.8 Å². The van der Waals surface area contributed by atoms with E-state index in [4.69, 9.17) is 0 Å². The van der Waals surface area contributed by atoms with Crippen LogP contribution in [0.5, 0.6) is 0 Å². The van der Waals surface area contributed by atoms with Crippen LogP contribution in [-0.2, 0) is 13.5 Å². The van der Waals surface area contributed by atoms with Crippen molar-refractivity contribution in [1.29, 1.82) is 0 Å². The maximum atomic E-state index is 4.48. The van der Waals surface area contributed by atoms with E-state index in [0.29, 0.717) is 6.04 Å². The number of hydrogen-bond acceptors (Lipinski definition) is 3. The van der Waals surface area contributed by atoms with Gasteiger partial charge in [-0.25, -0.2) is 0 Å². The summed E-state index contributed by atoms with van der Waals surface area (Å²) in [7, 11) is 2.01. The smallest absolute Gasteiger partial charge is 0.0738 e. The highest BCUT2D eigenvalue weighted by Crippen LogP contribution is 2.34. The van der Waals surface area contributed by atoms with Crippen LogP contribution in [0.15, 0.2) is 14.3 Å². The lowest BCUT2D eigenvalue weighted by Gasteiger charge is -2.17. The van der Waals surface area contributed by atoms with Gasteiger partial charge in [-0.3, -0.25) is 4.68 Å². The second kappa shape index (κ2) is 6.73. The van der Waals surface area contributed by atoms with E-state index < -0.39 is 0 Å². The molecule has 1 unspecified atom stereocenters. The minimum absolute atomic E-state index is 0.320. The average molecular weight is 421 g/mol. The van der Waals surface area contributed by atoms with Crippen LogP contribution in [0.25, 0.3) is 0 Å². The summed E-state index contributed by atoms with van der Waals surface area (Å²) in [6.07, 6.45) is 0.929. The Kier molecular flexibility index (Phi) is 5.45. The predicted molar refractivity (Wildman–Crippen MR) is 92.5 cm³/mol. The fourth-order valence-electron chi connectivity index (χ4n) is 2.27. The predicted octanol–water partition coefficient (Wildman–Crippen LogP) is 4.52. The van der Waals surface area contributed by atoms with Crippen LogP contribution < -0.4 is 5.32 Å². The fraction of sp³-hybridized carbons (Fsp3) is 0.500. The van der Waals surface area contributed by atoms with Gasteiger partial charge in [-0.15, -0.1) is 11.3 Å². The van der Waals surface area contributed by atoms with Gasteiger partial charge in [-0.2, -0.15) is 5.10 Å². The molecular formula is C14H19Br2N3S. The Morgan fingerprint density at radius 1 is 1.40 bits per heavy atom. The fourth-order valence-corrected chi connectivity index (χ4v) is 4.41. The highest BCUT2D eigenvalue weighted by Gasteiger charge is 2.19. The van der Waals surface area contributed by atoms with Crippen molar-refractivity contribution in [3.05, 3.63) is 36.2 Å². The number of rotatable bonds is 5. The molecule has 6 heteroatoms. The molecule has 20 heavy (non-hydrogen) atoms. The first-order valence-corrected chi connectivity index (χ1v) is 9.01. The number of likely N-dealkylation sites (N-methyl/N-ethyl adjacent to an activating group) is 1. The topological polar surface area (TPSA) is 29.9 Å². The minimum Gasteiger partial charge on any atom is -0.309 e. The maximum Gasteiger partial charge on any atom is 0.0738 e. The van der Waals surface area contributed by atoms with Gasteiger partial charge in [0.15, 0.2) is 0 Å². The molecule has 0 aliphatic heterocycles. The highest BCUT2D eigenvalue weighted by molar-refractivity contribution is 9.11. The SMILES string of the molecule is CCNC(Cc1c(Br)c(C)nn1C)c1cc(C)c(Br)s1. The lowest BCUT2D eigenvalue weighted by molar-refractivity contribution is 0.535. The van der Waals surface area contributed by atoms with E-state index >= 15 is 0 Å². The zero-order valence-electron chi connectivity index (χ0n) is 12.1. The first-order valence-electron chi connectivity index (χ1n) is 6.61. The molecule has 0 aromatic carbocycles. The second-order valence-electron chi connectivity index (χ2n) is 4.89. The number of nitrogens with zero attached hydrogens (tertiary/aromatic N) is 2. The van der Waals surface area contributed by atoms with E-state index in [1.54, 1.807) is 0 Å². The first-order chi connectivity index (χ1) is 9.43. The molecule has 0 spiro atoms. The van der Waals surface area contributed by atoms with Crippen molar-refractivity contribution in [3.8, 4) is 0 Å². The molecule has 0 bridgehead atoms. The normalized spacial score (nSPS) is 12.9. The molecule has 0 amide bonds. The number of halogens is 2. The Labute approximate surface area is 141 Å². The van der Waals surface area contributed by atoms with Gasteiger partial charge in [0.1, 0.15) is 0 Å². The molecule has 3 nitrogen and oxygen atoms in total. The highest BCUT2D eigenvalue weighted by atomic mass is 79.9. The van der Waals surface area contributed by atoms with Crippen molar-refractivity contribution in [1.82, 2.24) is 15.1 Å². The maximum absolute atomic E-state index is 4.48. The Balaban J connectivity index is 2.30. The number of aromatic nitrogens is 2. The molecule has 0 radical (unpaired) electrons. The van der Waals surface area contributed by atoms with Crippen LogP contribution >= 0.6 is 43.2 Å². The number of hydrogen-bond donors (Lipinski definition) is 1. The molecular weight excluding hydrogens is 402 g/mol. The summed E-state index contributed by atoms with van der Waals surface area (Å²) in [6.45, 7) is 7.26. The largest absolute Gasteiger partial charge is 0.309 e. The quantitative estimate of drug-likeness (QED) is 0.770. The van der Waals surface area contributed by atoms with Crippen LogP contribution in [0.2, 0.25) is 0 Å². The third-order valence-electron chi connectivity index (χ3n) is 3.33. The Morgan fingerprint density at radius 3 is 2.55 bits per heavy atom. The summed E-state index contributed by atoms with van der Waals surface area (Å²) >= 11 is 9.08. The molecule has 1 atom stereocenters. The summed E-state index contributed by atoms with van der Waals surface area (Å²) in [5.41, 5.74) is 3.57. The van der Waals surface area contributed by atoms with Crippen molar-refractivity contribution >= 4 is 43.2 Å². The summed E-state index contributed by atoms with van der Waals surface area (Å²) in [5.74, 6) is 0. The number of thiophene rings is 1. The van der Waals surface area contributed by atoms with Gasteiger partial charge < -0.3 is 5.32 Å². The lowest BCUT2D eigenvalue weighted by Crippen LogP contribution is -2.23. The van der Waals surface area contributed by atoms with Gasteiger partial charge in [0.05, 0.1) is 19.6 Å². The van der Waals surface area contributed by atoms with E-state index in [-0.39, 0.29) is 0 Å². The summed E-state index contributed by atoms with van der Waals surface area (Å²) in [5, 5.41) is 8.06. The van der Waals surface area contributed by atoms with Crippen molar-refractivity contribution in [3.63, 3.8) is 0 Å². The summed E-state index contributed by atoms with van der Waals surface area (Å²) in [6, 6.07) is 2.58. The zero-order chi connectivity index (χ0) is 14.9. The van der Waals surface area contributed by atoms with E-state index in [1.165, 1.54) is 19.9 Å². The van der Waals surface area contributed by atoms with Crippen molar-refractivity contribution in [2.45, 2.75) is 33.2 Å². The Hall–Kier alpha value is -0.170. The van der Waals surface area contributed by atoms with E-state index in [2.05, 4.69) is 62.2 Å². The monoisotopic (exact) mass is 419 g/mol. The third-order valence-corrected chi connectivity index (χ3v) is 6.61. The van der Waals surface area contributed by atoms with Crippen LogP contribution in [0.3, 0.4) is 0 Å². The minimum atomic E-state index is 0.320. The average Bonchev–Trinajstić information content (AvgIpc) is 2.83. The van der Waals surface area contributed by atoms with Crippen LogP contribution in [0.4, 0.5) is 0 Å². The second-order valence-corrected chi connectivity index (χ2v) is 8.08. The van der Waals surface area contributed by atoms with Crippen molar-refractivity contribution in [2.75, 3.05) is 6.54 Å². The molecule has 110 valence electrons. The van der Waals surface area contributed by atoms with Gasteiger partial charge in [-0.05, 0) is 63.9 Å². The van der Waals surface area contributed by atoms with Gasteiger partial charge in [0.25, 0.3) is 0 Å². The van der Waals surface area contributed by atoms with E-state index in [9.17, 15) is 0 Å². The number of aryl methyl sites for hydroxylation is 3. The van der Waals surface area contributed by atoms with Crippen LogP contribution in [-0.4, -0.2) is 16.3 Å². The van der Waals surface area contributed by atoms with Gasteiger partial charge >= 0.3 is 0 Å². The molecule has 2 heterocycles. The lowest BCUT2D eigenvalue weighted by atomic mass is 10.1. The van der Waals surface area contributed by atoms with Crippen LogP contribution in [0.1, 0.15) is 34.8 Å². The van der Waals surface area contributed by atoms with Crippen molar-refractivity contribution in [2.24, 2.45) is 7.05 Å². The molecule has 0 saturated carbocycles. The van der Waals surface area contributed by atoms with E-state index in [0.717, 1.165) is 23.1 Å². The molecule has 2 rings (SSSR count). The third kappa shape index (κ3) is 3.35. The summed E-state index contributed by atoms with van der Waals surface area (Å²) in [4.78, 5) is 1.36. The summed E-state index contributed by atoms with van der Waals surface area (Å²) < 4.78 is 4.31. The molecule has 2 aromatic heterocycles. The molecule has 0 fully saturated rings.